The number of likely N-dealkylation sites (tertiary alicyclic amines) is 1. The Morgan fingerprint density at radius 2 is 1.48 bits per heavy atom. The quantitative estimate of drug-likeness (QED) is 0.430. The Kier molecular flexibility index (Phi) is 6.79. The average molecular weight is 456 g/mol. The van der Waals surface area contributed by atoms with E-state index in [2.05, 4.69) is 4.90 Å². The molecule has 1 amide bonds. The molecule has 172 valence electrons. The van der Waals surface area contributed by atoms with Crippen LogP contribution in [-0.4, -0.2) is 29.9 Å². The topological polar surface area (TPSA) is 23.6 Å². The van der Waals surface area contributed by atoms with Gasteiger partial charge < -0.3 is 4.90 Å². The molecule has 0 atom stereocenters. The number of amides is 1. The standard InChI is InChI=1S/C26H24F4N2O/c27-22-10-12-23(13-11-22)32(25(33)20-4-2-1-3-5-20)24-14-16-31(17-15-24)18-19-6-8-21(9-7-19)26(28,29)30/h1-13,24H,14-18H2. The number of hydrogen-bond acceptors (Lipinski definition) is 2. The van der Waals surface area contributed by atoms with Crippen LogP contribution in [-0.2, 0) is 12.7 Å². The summed E-state index contributed by atoms with van der Waals surface area (Å²) >= 11 is 0. The Bertz CT molecular complexity index is 1060. The van der Waals surface area contributed by atoms with Gasteiger partial charge in [-0.05, 0) is 66.9 Å². The molecule has 0 aliphatic carbocycles. The van der Waals surface area contributed by atoms with Crippen molar-refractivity contribution in [3.8, 4) is 0 Å². The first kappa shape index (κ1) is 23.0. The van der Waals surface area contributed by atoms with Crippen molar-refractivity contribution in [1.29, 1.82) is 0 Å². The fourth-order valence-corrected chi connectivity index (χ4v) is 4.21. The zero-order valence-corrected chi connectivity index (χ0v) is 17.9. The van der Waals surface area contributed by atoms with Crippen LogP contribution in [0.15, 0.2) is 78.9 Å². The maximum absolute atomic E-state index is 13.5. The second-order valence-corrected chi connectivity index (χ2v) is 8.22. The maximum Gasteiger partial charge on any atom is 0.416 e. The molecular weight excluding hydrogens is 432 g/mol. The lowest BCUT2D eigenvalue weighted by Gasteiger charge is -2.38. The second-order valence-electron chi connectivity index (χ2n) is 8.22. The summed E-state index contributed by atoms with van der Waals surface area (Å²) in [4.78, 5) is 17.3. The minimum absolute atomic E-state index is 0.0629. The van der Waals surface area contributed by atoms with Crippen molar-refractivity contribution < 1.29 is 22.4 Å². The van der Waals surface area contributed by atoms with Crippen LogP contribution in [0.1, 0.15) is 34.3 Å². The molecule has 1 fully saturated rings. The predicted octanol–water partition coefficient (Wildman–Crippen LogP) is 6.16. The van der Waals surface area contributed by atoms with Gasteiger partial charge in [-0.25, -0.2) is 4.39 Å². The minimum Gasteiger partial charge on any atom is -0.305 e. The number of anilines is 1. The Labute approximate surface area is 190 Å². The number of carbonyl (C=O) groups is 1. The Morgan fingerprint density at radius 1 is 0.879 bits per heavy atom. The summed E-state index contributed by atoms with van der Waals surface area (Å²) < 4.78 is 51.8. The maximum atomic E-state index is 13.5. The van der Waals surface area contributed by atoms with Gasteiger partial charge >= 0.3 is 6.18 Å². The molecule has 1 heterocycles. The van der Waals surface area contributed by atoms with Crippen molar-refractivity contribution in [2.24, 2.45) is 0 Å². The second kappa shape index (κ2) is 9.75. The number of alkyl halides is 3. The largest absolute Gasteiger partial charge is 0.416 e. The molecule has 7 heteroatoms. The van der Waals surface area contributed by atoms with Gasteiger partial charge in [0.2, 0.25) is 0 Å². The summed E-state index contributed by atoms with van der Waals surface area (Å²) in [7, 11) is 0. The van der Waals surface area contributed by atoms with Gasteiger partial charge in [-0.1, -0.05) is 30.3 Å². The van der Waals surface area contributed by atoms with E-state index in [4.69, 9.17) is 0 Å². The van der Waals surface area contributed by atoms with E-state index in [1.807, 2.05) is 18.2 Å². The van der Waals surface area contributed by atoms with E-state index >= 15 is 0 Å². The third-order valence-corrected chi connectivity index (χ3v) is 5.95. The molecule has 0 radical (unpaired) electrons. The van der Waals surface area contributed by atoms with Gasteiger partial charge in [-0.2, -0.15) is 13.2 Å². The summed E-state index contributed by atoms with van der Waals surface area (Å²) in [6, 6.07) is 20.1. The van der Waals surface area contributed by atoms with Crippen LogP contribution in [0, 0.1) is 5.82 Å². The molecule has 0 N–H and O–H groups in total. The van der Waals surface area contributed by atoms with Gasteiger partial charge in [0.25, 0.3) is 5.91 Å². The van der Waals surface area contributed by atoms with E-state index in [9.17, 15) is 22.4 Å². The number of rotatable bonds is 5. The van der Waals surface area contributed by atoms with Crippen molar-refractivity contribution in [3.63, 3.8) is 0 Å². The molecule has 4 rings (SSSR count). The van der Waals surface area contributed by atoms with Gasteiger partial charge in [0.1, 0.15) is 5.82 Å². The van der Waals surface area contributed by atoms with Gasteiger partial charge in [0.15, 0.2) is 0 Å². The van der Waals surface area contributed by atoms with Crippen molar-refractivity contribution >= 4 is 11.6 Å². The smallest absolute Gasteiger partial charge is 0.305 e. The van der Waals surface area contributed by atoms with Gasteiger partial charge in [0.05, 0.1) is 5.56 Å². The van der Waals surface area contributed by atoms with E-state index < -0.39 is 11.7 Å². The predicted molar refractivity (Wildman–Crippen MR) is 119 cm³/mol. The van der Waals surface area contributed by atoms with Crippen LogP contribution in [0.5, 0.6) is 0 Å². The van der Waals surface area contributed by atoms with E-state index in [-0.39, 0.29) is 17.8 Å². The summed E-state index contributed by atoms with van der Waals surface area (Å²) in [6.45, 7) is 1.95. The van der Waals surface area contributed by atoms with Crippen LogP contribution in [0.4, 0.5) is 23.2 Å². The summed E-state index contributed by atoms with van der Waals surface area (Å²) in [6.07, 6.45) is -2.93. The Balaban J connectivity index is 1.45. The zero-order valence-electron chi connectivity index (χ0n) is 17.9. The summed E-state index contributed by atoms with van der Waals surface area (Å²) in [5, 5.41) is 0. The first-order chi connectivity index (χ1) is 15.8. The fraction of sp³-hybridized carbons (Fsp3) is 0.269. The normalized spacial score (nSPS) is 15.4. The molecule has 0 saturated carbocycles. The zero-order chi connectivity index (χ0) is 23.4. The molecule has 3 aromatic carbocycles. The van der Waals surface area contributed by atoms with Crippen molar-refractivity contribution in [1.82, 2.24) is 4.90 Å². The Hall–Kier alpha value is -3.19. The molecule has 0 spiro atoms. The molecule has 0 aromatic heterocycles. The van der Waals surface area contributed by atoms with Crippen LogP contribution in [0.2, 0.25) is 0 Å². The lowest BCUT2D eigenvalue weighted by atomic mass is 10.00. The molecule has 1 aliphatic heterocycles. The Morgan fingerprint density at radius 3 is 2.06 bits per heavy atom. The average Bonchev–Trinajstić information content (AvgIpc) is 2.82. The number of hydrogen-bond donors (Lipinski definition) is 0. The third-order valence-electron chi connectivity index (χ3n) is 5.95. The molecule has 1 saturated heterocycles. The van der Waals surface area contributed by atoms with E-state index in [0.717, 1.165) is 17.7 Å². The highest BCUT2D eigenvalue weighted by Crippen LogP contribution is 2.30. The third kappa shape index (κ3) is 5.60. The lowest BCUT2D eigenvalue weighted by Crippen LogP contribution is -2.47. The van der Waals surface area contributed by atoms with Crippen LogP contribution >= 0.6 is 0 Å². The van der Waals surface area contributed by atoms with E-state index in [1.165, 1.54) is 24.3 Å². The number of benzene rings is 3. The van der Waals surface area contributed by atoms with E-state index in [0.29, 0.717) is 43.7 Å². The first-order valence-corrected chi connectivity index (χ1v) is 10.8. The van der Waals surface area contributed by atoms with Crippen molar-refractivity contribution in [2.45, 2.75) is 31.6 Å². The minimum atomic E-state index is -4.34. The highest BCUT2D eigenvalue weighted by molar-refractivity contribution is 6.06. The molecule has 33 heavy (non-hydrogen) atoms. The number of carbonyl (C=O) groups excluding carboxylic acids is 1. The first-order valence-electron chi connectivity index (χ1n) is 10.8. The van der Waals surface area contributed by atoms with Gasteiger partial charge in [-0.15, -0.1) is 0 Å². The lowest BCUT2D eigenvalue weighted by molar-refractivity contribution is -0.137. The van der Waals surface area contributed by atoms with Crippen molar-refractivity contribution in [3.05, 3.63) is 101 Å². The number of piperidine rings is 1. The van der Waals surface area contributed by atoms with Crippen LogP contribution in [0.25, 0.3) is 0 Å². The molecule has 0 unspecified atom stereocenters. The fourth-order valence-electron chi connectivity index (χ4n) is 4.21. The van der Waals surface area contributed by atoms with Crippen LogP contribution in [0.3, 0.4) is 0 Å². The van der Waals surface area contributed by atoms with Gasteiger partial charge in [-0.3, -0.25) is 9.69 Å². The molecule has 3 nitrogen and oxygen atoms in total. The highest BCUT2D eigenvalue weighted by Gasteiger charge is 2.31. The molecule has 1 aliphatic rings. The summed E-state index contributed by atoms with van der Waals surface area (Å²) in [5.41, 5.74) is 1.37. The number of halogens is 4. The highest BCUT2D eigenvalue weighted by atomic mass is 19.4. The molecule has 0 bridgehead atoms. The van der Waals surface area contributed by atoms with Crippen LogP contribution < -0.4 is 4.90 Å². The monoisotopic (exact) mass is 456 g/mol. The van der Waals surface area contributed by atoms with Crippen molar-refractivity contribution in [2.75, 3.05) is 18.0 Å². The molecular formula is C26H24F4N2O. The van der Waals surface area contributed by atoms with E-state index in [1.54, 1.807) is 29.2 Å². The SMILES string of the molecule is O=C(c1ccccc1)N(c1ccc(F)cc1)C1CCN(Cc2ccc(C(F)(F)F)cc2)CC1. The van der Waals surface area contributed by atoms with Gasteiger partial charge in [0, 0.05) is 36.9 Å². The number of nitrogens with zero attached hydrogens (tertiary/aromatic N) is 2. The summed E-state index contributed by atoms with van der Waals surface area (Å²) in [5.74, 6) is -0.499. The molecule has 3 aromatic rings.